The van der Waals surface area contributed by atoms with Gasteiger partial charge in [0.2, 0.25) is 5.76 Å². The highest BCUT2D eigenvalue weighted by atomic mass is 35.5. The number of methoxy groups -OCH3 is 1. The molecule has 1 aliphatic rings. The van der Waals surface area contributed by atoms with E-state index >= 15 is 0 Å². The first-order chi connectivity index (χ1) is 8.74. The third-order valence-electron chi connectivity index (χ3n) is 3.43. The molecule has 0 spiro atoms. The molecule has 1 atom stereocenters. The summed E-state index contributed by atoms with van der Waals surface area (Å²) in [5.74, 6) is 0.611. The van der Waals surface area contributed by atoms with Gasteiger partial charge in [0, 0.05) is 12.6 Å². The van der Waals surface area contributed by atoms with E-state index in [-0.39, 0.29) is 30.6 Å². The number of halogens is 2. The van der Waals surface area contributed by atoms with Crippen molar-refractivity contribution in [3.8, 4) is 0 Å². The molecule has 0 aromatic carbocycles. The molecular weight excluding hydrogens is 303 g/mol. The molecule has 0 aliphatic carbocycles. The lowest BCUT2D eigenvalue weighted by Gasteiger charge is -2.34. The molecule has 0 bridgehead atoms. The van der Waals surface area contributed by atoms with Gasteiger partial charge >= 0.3 is 5.97 Å². The zero-order valence-corrected chi connectivity index (χ0v) is 13.2. The molecule has 1 unspecified atom stereocenters. The summed E-state index contributed by atoms with van der Waals surface area (Å²) in [4.78, 5) is 13.6. The second kappa shape index (κ2) is 9.23. The number of piperidine rings is 1. The van der Waals surface area contributed by atoms with E-state index in [1.54, 1.807) is 6.07 Å². The van der Waals surface area contributed by atoms with Crippen molar-refractivity contribution in [2.75, 3.05) is 20.2 Å². The first-order valence-corrected chi connectivity index (χ1v) is 6.35. The molecule has 20 heavy (non-hydrogen) atoms. The molecule has 2 rings (SSSR count). The van der Waals surface area contributed by atoms with Crippen LogP contribution in [-0.2, 0) is 11.3 Å². The van der Waals surface area contributed by atoms with E-state index < -0.39 is 5.97 Å². The number of hydrogen-bond donors (Lipinski definition) is 1. The zero-order chi connectivity index (χ0) is 13.0. The topological polar surface area (TPSA) is 68.7 Å². The van der Waals surface area contributed by atoms with Gasteiger partial charge in [0.1, 0.15) is 5.76 Å². The Kier molecular flexibility index (Phi) is 8.89. The molecule has 0 amide bonds. The van der Waals surface area contributed by atoms with Crippen LogP contribution >= 0.6 is 24.8 Å². The number of nitrogens with two attached hydrogens (primary N) is 1. The molecule has 1 saturated heterocycles. The maximum absolute atomic E-state index is 11.3. The Bertz CT molecular complexity index is 412. The number of carbonyl (C=O) groups is 1. The van der Waals surface area contributed by atoms with E-state index in [0.717, 1.165) is 18.7 Å². The molecular formula is C13H22Cl2N2O3. The molecule has 5 nitrogen and oxygen atoms in total. The Morgan fingerprint density at radius 2 is 2.20 bits per heavy atom. The lowest BCUT2D eigenvalue weighted by Crippen LogP contribution is -2.43. The minimum atomic E-state index is -0.435. The van der Waals surface area contributed by atoms with Crippen LogP contribution in [0.5, 0.6) is 0 Å². The van der Waals surface area contributed by atoms with E-state index in [0.29, 0.717) is 19.1 Å². The number of hydrogen-bond acceptors (Lipinski definition) is 5. The highest BCUT2D eigenvalue weighted by Crippen LogP contribution is 2.20. The molecule has 1 fully saturated rings. The monoisotopic (exact) mass is 324 g/mol. The summed E-state index contributed by atoms with van der Waals surface area (Å²) in [6, 6.07) is 3.90. The number of rotatable bonds is 4. The summed E-state index contributed by atoms with van der Waals surface area (Å²) in [7, 11) is 1.35. The van der Waals surface area contributed by atoms with E-state index in [2.05, 4.69) is 9.64 Å². The second-order valence-electron chi connectivity index (χ2n) is 4.61. The molecule has 2 N–H and O–H groups in total. The van der Waals surface area contributed by atoms with E-state index in [1.165, 1.54) is 20.0 Å². The smallest absolute Gasteiger partial charge is 0.373 e. The summed E-state index contributed by atoms with van der Waals surface area (Å²) in [6.45, 7) is 2.42. The van der Waals surface area contributed by atoms with Gasteiger partial charge in [-0.2, -0.15) is 0 Å². The normalized spacial score (nSPS) is 18.8. The fourth-order valence-electron chi connectivity index (χ4n) is 2.41. The third kappa shape index (κ3) is 4.66. The van der Waals surface area contributed by atoms with Gasteiger partial charge < -0.3 is 14.9 Å². The maximum atomic E-state index is 11.3. The number of esters is 1. The molecule has 0 saturated carbocycles. The average Bonchev–Trinajstić information content (AvgIpc) is 2.87. The van der Waals surface area contributed by atoms with Gasteiger partial charge in [-0.15, -0.1) is 24.8 Å². The molecule has 1 aromatic rings. The minimum Gasteiger partial charge on any atom is -0.463 e. The molecule has 116 valence electrons. The molecule has 7 heteroatoms. The summed E-state index contributed by atoms with van der Waals surface area (Å²) in [5, 5.41) is 0. The Balaban J connectivity index is 0.00000180. The van der Waals surface area contributed by atoms with E-state index in [1.807, 2.05) is 6.07 Å². The molecule has 1 aromatic heterocycles. The van der Waals surface area contributed by atoms with Crippen molar-refractivity contribution in [3.63, 3.8) is 0 Å². The lowest BCUT2D eigenvalue weighted by atomic mass is 10.0. The highest BCUT2D eigenvalue weighted by molar-refractivity contribution is 5.86. The van der Waals surface area contributed by atoms with Crippen molar-refractivity contribution in [3.05, 3.63) is 23.7 Å². The average molecular weight is 325 g/mol. The number of furan rings is 1. The quantitative estimate of drug-likeness (QED) is 0.860. The number of nitrogens with zero attached hydrogens (tertiary/aromatic N) is 1. The van der Waals surface area contributed by atoms with Crippen molar-refractivity contribution in [2.45, 2.75) is 31.8 Å². The molecule has 2 heterocycles. The largest absolute Gasteiger partial charge is 0.463 e. The Morgan fingerprint density at radius 1 is 1.45 bits per heavy atom. The van der Waals surface area contributed by atoms with Crippen LogP contribution < -0.4 is 5.73 Å². The number of ether oxygens (including phenoxy) is 1. The summed E-state index contributed by atoms with van der Waals surface area (Å²) < 4.78 is 10.1. The Hall–Kier alpha value is -0.750. The summed E-state index contributed by atoms with van der Waals surface area (Å²) >= 11 is 0. The fraction of sp³-hybridized carbons (Fsp3) is 0.615. The van der Waals surface area contributed by atoms with Crippen LogP contribution in [0.3, 0.4) is 0 Å². The van der Waals surface area contributed by atoms with Crippen molar-refractivity contribution in [1.82, 2.24) is 4.90 Å². The van der Waals surface area contributed by atoms with Crippen molar-refractivity contribution in [2.24, 2.45) is 5.73 Å². The van der Waals surface area contributed by atoms with Crippen LogP contribution in [0.2, 0.25) is 0 Å². The summed E-state index contributed by atoms with van der Waals surface area (Å²) in [5.41, 5.74) is 5.78. The predicted molar refractivity (Wildman–Crippen MR) is 81.6 cm³/mol. The maximum Gasteiger partial charge on any atom is 0.373 e. The predicted octanol–water partition coefficient (Wildman–Crippen LogP) is 2.22. The summed E-state index contributed by atoms with van der Waals surface area (Å²) in [6.07, 6.45) is 3.58. The van der Waals surface area contributed by atoms with Gasteiger partial charge in [-0.05, 0) is 31.5 Å². The van der Waals surface area contributed by atoms with Gasteiger partial charge in [0.15, 0.2) is 0 Å². The van der Waals surface area contributed by atoms with Crippen molar-refractivity contribution in [1.29, 1.82) is 0 Å². The number of likely N-dealkylation sites (tertiary alicyclic amines) is 1. The first-order valence-electron chi connectivity index (χ1n) is 6.35. The van der Waals surface area contributed by atoms with Crippen molar-refractivity contribution < 1.29 is 13.9 Å². The van der Waals surface area contributed by atoms with Crippen LogP contribution in [0.15, 0.2) is 16.5 Å². The van der Waals surface area contributed by atoms with Gasteiger partial charge in [-0.25, -0.2) is 4.79 Å². The van der Waals surface area contributed by atoms with Crippen LogP contribution in [0.25, 0.3) is 0 Å². The fourth-order valence-corrected chi connectivity index (χ4v) is 2.41. The Labute approximate surface area is 131 Å². The van der Waals surface area contributed by atoms with Gasteiger partial charge in [0.25, 0.3) is 0 Å². The van der Waals surface area contributed by atoms with E-state index in [4.69, 9.17) is 10.2 Å². The van der Waals surface area contributed by atoms with Crippen LogP contribution in [0.1, 0.15) is 35.6 Å². The van der Waals surface area contributed by atoms with Gasteiger partial charge in [0.05, 0.1) is 13.7 Å². The van der Waals surface area contributed by atoms with Gasteiger partial charge in [-0.1, -0.05) is 6.42 Å². The minimum absolute atomic E-state index is 0. The Morgan fingerprint density at radius 3 is 2.85 bits per heavy atom. The molecule has 1 aliphatic heterocycles. The SMILES string of the molecule is COC(=O)c1ccc(CN2CCCCC2CN)o1.Cl.Cl. The van der Waals surface area contributed by atoms with Crippen LogP contribution in [-0.4, -0.2) is 37.1 Å². The first kappa shape index (κ1) is 19.2. The highest BCUT2D eigenvalue weighted by Gasteiger charge is 2.22. The third-order valence-corrected chi connectivity index (χ3v) is 3.43. The van der Waals surface area contributed by atoms with Crippen molar-refractivity contribution >= 4 is 30.8 Å². The standard InChI is InChI=1S/C13H20N2O3.2ClH/c1-17-13(16)12-6-5-11(18-12)9-15-7-3-2-4-10(15)8-14;;/h5-6,10H,2-4,7-9,14H2,1H3;2*1H. The van der Waals surface area contributed by atoms with Gasteiger partial charge in [-0.3, -0.25) is 4.90 Å². The van der Waals surface area contributed by atoms with E-state index in [9.17, 15) is 4.79 Å². The zero-order valence-electron chi connectivity index (χ0n) is 11.5. The lowest BCUT2D eigenvalue weighted by molar-refractivity contribution is 0.0558. The molecule has 0 radical (unpaired) electrons. The second-order valence-corrected chi connectivity index (χ2v) is 4.61. The van der Waals surface area contributed by atoms with Crippen LogP contribution in [0.4, 0.5) is 0 Å². The van der Waals surface area contributed by atoms with Crippen LogP contribution in [0, 0.1) is 0 Å². The number of carbonyl (C=O) groups excluding carboxylic acids is 1.